The van der Waals surface area contributed by atoms with Crippen LogP contribution in [0.3, 0.4) is 0 Å². The predicted octanol–water partition coefficient (Wildman–Crippen LogP) is 1.75. The van der Waals surface area contributed by atoms with Gasteiger partial charge in [0.1, 0.15) is 12.6 Å². The number of cyclic esters (lactones) is 1. The Morgan fingerprint density at radius 1 is 1.16 bits per heavy atom. The molecule has 170 valence electrons. The zero-order valence-electron chi connectivity index (χ0n) is 18.6. The first kappa shape index (κ1) is 22.4. The summed E-state index contributed by atoms with van der Waals surface area (Å²) in [6.45, 7) is 8.26. The fourth-order valence-corrected chi connectivity index (χ4v) is 7.98. The third kappa shape index (κ3) is 3.17. The van der Waals surface area contributed by atoms with Crippen molar-refractivity contribution < 1.29 is 24.2 Å². The molecule has 7 nitrogen and oxygen atoms in total. The number of carbonyl (C=O) groups is 3. The van der Waals surface area contributed by atoms with Crippen molar-refractivity contribution in [1.82, 2.24) is 9.80 Å². The molecule has 1 N–H and O–H groups in total. The Labute approximate surface area is 187 Å². The average molecular weight is 449 g/mol. The number of ether oxygens (including phenoxy) is 1. The van der Waals surface area contributed by atoms with E-state index in [0.29, 0.717) is 6.54 Å². The molecule has 8 heteroatoms. The van der Waals surface area contributed by atoms with Crippen molar-refractivity contribution in [3.8, 4) is 0 Å². The van der Waals surface area contributed by atoms with E-state index >= 15 is 0 Å². The molecule has 2 saturated heterocycles. The third-order valence-electron chi connectivity index (χ3n) is 7.26. The van der Waals surface area contributed by atoms with Gasteiger partial charge in [0.15, 0.2) is 0 Å². The summed E-state index contributed by atoms with van der Waals surface area (Å²) in [6, 6.07) is -1.25. The highest BCUT2D eigenvalue weighted by atomic mass is 32.2. The predicted molar refractivity (Wildman–Crippen MR) is 118 cm³/mol. The summed E-state index contributed by atoms with van der Waals surface area (Å²) < 4.78 is 3.89. The van der Waals surface area contributed by atoms with Gasteiger partial charge in [0, 0.05) is 17.3 Å². The van der Waals surface area contributed by atoms with Crippen LogP contribution in [0.1, 0.15) is 40.5 Å². The monoisotopic (exact) mass is 448 g/mol. The molecule has 2 amide bonds. The lowest BCUT2D eigenvalue weighted by Crippen LogP contribution is -2.57. The number of nitrogens with zero attached hydrogens (tertiary/aromatic N) is 2. The molecule has 0 saturated carbocycles. The van der Waals surface area contributed by atoms with Crippen molar-refractivity contribution in [1.29, 1.82) is 0 Å². The summed E-state index contributed by atoms with van der Waals surface area (Å²) in [6.07, 6.45) is 9.59. The topological polar surface area (TPSA) is 87.2 Å². The number of rotatable bonds is 5. The van der Waals surface area contributed by atoms with Crippen molar-refractivity contribution in [2.75, 3.05) is 19.8 Å². The van der Waals surface area contributed by atoms with Crippen molar-refractivity contribution in [2.24, 2.45) is 11.8 Å². The first-order valence-electron chi connectivity index (χ1n) is 11.2. The fraction of sp³-hybridized carbons (Fsp3) is 0.696. The van der Waals surface area contributed by atoms with Gasteiger partial charge in [-0.05, 0) is 33.3 Å². The number of likely N-dealkylation sites (tertiary alicyclic amines) is 1. The van der Waals surface area contributed by atoms with E-state index in [1.54, 1.807) is 11.8 Å². The second kappa shape index (κ2) is 7.96. The van der Waals surface area contributed by atoms with Crippen LogP contribution in [0.4, 0.5) is 0 Å². The van der Waals surface area contributed by atoms with Crippen molar-refractivity contribution in [2.45, 2.75) is 68.2 Å². The highest BCUT2D eigenvalue weighted by Gasteiger charge is 2.74. The molecular formula is C23H32N2O5S. The maximum atomic E-state index is 14.0. The Balaban J connectivity index is 1.87. The molecule has 2 fully saturated rings. The zero-order chi connectivity index (χ0) is 22.6. The van der Waals surface area contributed by atoms with Gasteiger partial charge in [0.05, 0.1) is 29.2 Å². The molecule has 2 unspecified atom stereocenters. The minimum absolute atomic E-state index is 0.0371. The number of fused-ring (bicyclic) bond motifs is 2. The van der Waals surface area contributed by atoms with Crippen LogP contribution in [0.25, 0.3) is 0 Å². The molecule has 0 aromatic heterocycles. The zero-order valence-corrected chi connectivity index (χ0v) is 19.4. The number of aliphatic hydroxyl groups excluding tert-OH is 1. The Kier molecular flexibility index (Phi) is 5.75. The van der Waals surface area contributed by atoms with Gasteiger partial charge in [0.25, 0.3) is 0 Å². The molecule has 0 bridgehead atoms. The van der Waals surface area contributed by atoms with Crippen LogP contribution in [0, 0.1) is 11.8 Å². The highest BCUT2D eigenvalue weighted by Crippen LogP contribution is 2.65. The molecule has 0 radical (unpaired) electrons. The lowest BCUT2D eigenvalue weighted by molar-refractivity contribution is -0.153. The van der Waals surface area contributed by atoms with E-state index in [-0.39, 0.29) is 31.1 Å². The number of hydrogen-bond donors (Lipinski definition) is 1. The molecule has 0 aliphatic carbocycles. The molecule has 4 aliphatic rings. The Bertz CT molecular complexity index is 844. The summed E-state index contributed by atoms with van der Waals surface area (Å²) in [5, 5.41) is 9.91. The fourth-order valence-electron chi connectivity index (χ4n) is 5.84. The first-order chi connectivity index (χ1) is 14.7. The highest BCUT2D eigenvalue weighted by molar-refractivity contribution is 8.02. The summed E-state index contributed by atoms with van der Waals surface area (Å²) in [4.78, 5) is 44.2. The van der Waals surface area contributed by atoms with Gasteiger partial charge >= 0.3 is 5.97 Å². The normalized spacial score (nSPS) is 38.9. The molecule has 4 rings (SSSR count). The van der Waals surface area contributed by atoms with Crippen LogP contribution in [0.15, 0.2) is 24.3 Å². The van der Waals surface area contributed by atoms with E-state index in [4.69, 9.17) is 4.74 Å². The van der Waals surface area contributed by atoms with E-state index in [2.05, 4.69) is 6.92 Å². The van der Waals surface area contributed by atoms with Crippen LogP contribution in [0.5, 0.6) is 0 Å². The van der Waals surface area contributed by atoms with Gasteiger partial charge in [-0.2, -0.15) is 0 Å². The van der Waals surface area contributed by atoms with Gasteiger partial charge < -0.3 is 19.6 Å². The van der Waals surface area contributed by atoms with Gasteiger partial charge in [-0.15, -0.1) is 11.8 Å². The maximum Gasteiger partial charge on any atom is 0.311 e. The van der Waals surface area contributed by atoms with E-state index in [0.717, 1.165) is 12.8 Å². The molecule has 4 aliphatic heterocycles. The van der Waals surface area contributed by atoms with Crippen molar-refractivity contribution in [3.05, 3.63) is 24.3 Å². The minimum Gasteiger partial charge on any atom is -0.461 e. The van der Waals surface area contributed by atoms with Crippen molar-refractivity contribution >= 4 is 29.5 Å². The Hall–Kier alpha value is -1.80. The number of carbonyl (C=O) groups excluding carboxylic acids is 3. The molecule has 0 aromatic carbocycles. The number of esters is 1. The number of thioether (sulfide) groups is 1. The van der Waals surface area contributed by atoms with Gasteiger partial charge in [-0.25, -0.2) is 0 Å². The second-order valence-corrected chi connectivity index (χ2v) is 11.1. The summed E-state index contributed by atoms with van der Waals surface area (Å²) in [5.41, 5.74) is 0. The minimum atomic E-state index is -0.877. The molecule has 4 heterocycles. The van der Waals surface area contributed by atoms with Crippen LogP contribution in [0.2, 0.25) is 0 Å². The summed E-state index contributed by atoms with van der Waals surface area (Å²) in [5.74, 6) is -2.14. The van der Waals surface area contributed by atoms with Crippen molar-refractivity contribution in [3.63, 3.8) is 0 Å². The van der Waals surface area contributed by atoms with Gasteiger partial charge in [-0.1, -0.05) is 31.6 Å². The maximum absolute atomic E-state index is 14.0. The van der Waals surface area contributed by atoms with E-state index < -0.39 is 39.4 Å². The molecule has 31 heavy (non-hydrogen) atoms. The van der Waals surface area contributed by atoms with Crippen LogP contribution in [-0.4, -0.2) is 80.1 Å². The number of hydrogen-bond acceptors (Lipinski definition) is 6. The molecule has 0 aromatic rings. The lowest BCUT2D eigenvalue weighted by atomic mass is 9.75. The average Bonchev–Trinajstić information content (AvgIpc) is 2.99. The van der Waals surface area contributed by atoms with Crippen LogP contribution in [-0.2, 0) is 19.1 Å². The number of amides is 2. The van der Waals surface area contributed by atoms with E-state index in [1.165, 1.54) is 11.8 Å². The lowest BCUT2D eigenvalue weighted by Gasteiger charge is -2.40. The molecule has 1 spiro atoms. The summed E-state index contributed by atoms with van der Waals surface area (Å²) >= 11 is 1.53. The summed E-state index contributed by atoms with van der Waals surface area (Å²) in [7, 11) is 0. The molecular weight excluding hydrogens is 416 g/mol. The van der Waals surface area contributed by atoms with Crippen LogP contribution < -0.4 is 0 Å². The number of aliphatic hydroxyl groups is 1. The van der Waals surface area contributed by atoms with E-state index in [9.17, 15) is 19.5 Å². The van der Waals surface area contributed by atoms with E-state index in [1.807, 2.05) is 43.1 Å². The second-order valence-electron chi connectivity index (χ2n) is 9.34. The third-order valence-corrected chi connectivity index (χ3v) is 9.06. The Morgan fingerprint density at radius 3 is 2.58 bits per heavy atom. The smallest absolute Gasteiger partial charge is 0.311 e. The SMILES string of the molecule is CCCC(C)N1CC=C[C@]23S[C@@]4(C)C=CCOC(=O)[C@H]4[C@H]2C(=O)N([C@H](C)CO)C3C1=O. The Morgan fingerprint density at radius 2 is 1.90 bits per heavy atom. The van der Waals surface area contributed by atoms with Crippen LogP contribution >= 0.6 is 11.8 Å². The largest absolute Gasteiger partial charge is 0.461 e. The van der Waals surface area contributed by atoms with Gasteiger partial charge in [0.2, 0.25) is 11.8 Å². The quantitative estimate of drug-likeness (QED) is 0.509. The first-order valence-corrected chi connectivity index (χ1v) is 12.0. The standard InChI is InChI=1S/C23H32N2O5S/c1-5-8-14(2)24-11-6-10-23-16(17-21(29)30-12-7-9-22(17,4)31-23)19(27)25(15(3)13-26)18(23)20(24)28/h6-7,9-10,14-18,26H,5,8,11-13H2,1-4H3/t14?,15-,16+,17-,18?,22+,23+/m1/s1. The molecule has 7 atom stereocenters. The van der Waals surface area contributed by atoms with Gasteiger partial charge in [-0.3, -0.25) is 14.4 Å².